The van der Waals surface area contributed by atoms with Gasteiger partial charge < -0.3 is 0 Å². The lowest BCUT2D eigenvalue weighted by Crippen LogP contribution is -2.15. The lowest BCUT2D eigenvalue weighted by atomic mass is 9.81. The van der Waals surface area contributed by atoms with Crippen LogP contribution in [0.3, 0.4) is 0 Å². The molecule has 296 valence electrons. The molecule has 0 atom stereocenters. The van der Waals surface area contributed by atoms with Gasteiger partial charge in [0.05, 0.1) is 34.2 Å². The molecule has 0 spiro atoms. The van der Waals surface area contributed by atoms with E-state index in [1.54, 1.807) is 0 Å². The minimum atomic E-state index is -0.303. The maximum Gasteiger partial charge on any atom is 0.160 e. The smallest absolute Gasteiger partial charge is 0.160 e. The fourth-order valence-corrected chi connectivity index (χ4v) is 9.00. The Morgan fingerprint density at radius 2 is 0.905 bits per heavy atom. The highest BCUT2D eigenvalue weighted by molar-refractivity contribution is 5.94. The summed E-state index contributed by atoms with van der Waals surface area (Å²) in [5.74, 6) is 1.27. The summed E-state index contributed by atoms with van der Waals surface area (Å²) in [6, 6.07) is 71.6. The maximum atomic E-state index is 9.78. The number of fused-ring (bicyclic) bond motifs is 4. The molecule has 2 aromatic heterocycles. The molecule has 63 heavy (non-hydrogen) atoms. The Morgan fingerprint density at radius 3 is 1.62 bits per heavy atom. The molecule has 0 bridgehead atoms. The predicted octanol–water partition coefficient (Wildman–Crippen LogP) is 14.3. The van der Waals surface area contributed by atoms with Crippen molar-refractivity contribution in [2.24, 2.45) is 0 Å². The van der Waals surface area contributed by atoms with E-state index in [9.17, 15) is 5.26 Å². The number of nitrogens with zero attached hydrogens (tertiary/aromatic N) is 5. The minimum Gasteiger partial charge on any atom is -0.228 e. The monoisotopic (exact) mass is 805 g/mol. The van der Waals surface area contributed by atoms with Crippen LogP contribution in [0.2, 0.25) is 0 Å². The number of aromatic nitrogens is 4. The molecule has 0 radical (unpaired) electrons. The van der Waals surface area contributed by atoms with E-state index in [0.29, 0.717) is 17.2 Å². The second kappa shape index (κ2) is 15.3. The van der Waals surface area contributed by atoms with E-state index in [4.69, 9.17) is 19.9 Å². The quantitative estimate of drug-likeness (QED) is 0.160. The molecule has 0 saturated carbocycles. The minimum absolute atomic E-state index is 0.303. The van der Waals surface area contributed by atoms with Crippen molar-refractivity contribution in [3.05, 3.63) is 217 Å². The Morgan fingerprint density at radius 1 is 0.381 bits per heavy atom. The van der Waals surface area contributed by atoms with Gasteiger partial charge in [0, 0.05) is 38.6 Å². The van der Waals surface area contributed by atoms with Gasteiger partial charge in [0.25, 0.3) is 0 Å². The summed E-state index contributed by atoms with van der Waals surface area (Å²) in [6.07, 6.45) is 0. The van der Waals surface area contributed by atoms with Crippen molar-refractivity contribution in [3.63, 3.8) is 0 Å². The molecule has 5 heteroatoms. The number of para-hydroxylation sites is 1. The Labute approximate surface area is 366 Å². The first kappa shape index (κ1) is 37.7. The normalized spacial score (nSPS) is 12.4. The zero-order valence-electron chi connectivity index (χ0n) is 34.8. The van der Waals surface area contributed by atoms with Gasteiger partial charge in [0.15, 0.2) is 11.6 Å². The predicted molar refractivity (Wildman–Crippen MR) is 255 cm³/mol. The van der Waals surface area contributed by atoms with Crippen LogP contribution < -0.4 is 0 Å². The van der Waals surface area contributed by atoms with Gasteiger partial charge in [-0.15, -0.1) is 0 Å². The maximum absolute atomic E-state index is 9.78. The van der Waals surface area contributed by atoms with Crippen molar-refractivity contribution < 1.29 is 0 Å². The Hall–Kier alpha value is -8.33. The van der Waals surface area contributed by atoms with Gasteiger partial charge in [0.2, 0.25) is 0 Å². The average molecular weight is 806 g/mol. The van der Waals surface area contributed by atoms with E-state index >= 15 is 0 Å². The Bertz CT molecular complexity index is 3410. The summed E-state index contributed by atoms with van der Waals surface area (Å²) in [6.45, 7) is 4.50. The van der Waals surface area contributed by atoms with Gasteiger partial charge in [-0.1, -0.05) is 166 Å². The van der Waals surface area contributed by atoms with E-state index in [1.807, 2.05) is 66.7 Å². The van der Waals surface area contributed by atoms with Crippen LogP contribution in [0.5, 0.6) is 0 Å². The standard InChI is InChI=1S/C58H39N5/c1-58(2)50-30-37(36-59)22-28-47(50)48-29-27-43(34-51(48)58)44-31-45(33-46(32-44)57-60-52-21-13-12-20-49(52)55(63-57)41-16-8-4-9-17-41)54-35-53(61-56(62-54)42-18-10-5-11-19-42)40-25-23-39(24-26-40)38-14-6-3-7-15-38/h3-35H,1-2H3. The zero-order chi connectivity index (χ0) is 42.5. The summed E-state index contributed by atoms with van der Waals surface area (Å²) in [7, 11) is 0. The van der Waals surface area contributed by atoms with Crippen LogP contribution >= 0.6 is 0 Å². The first-order valence-corrected chi connectivity index (χ1v) is 21.2. The van der Waals surface area contributed by atoms with E-state index < -0.39 is 0 Å². The third kappa shape index (κ3) is 6.85. The van der Waals surface area contributed by atoms with Gasteiger partial charge >= 0.3 is 0 Å². The number of nitriles is 1. The van der Waals surface area contributed by atoms with E-state index in [-0.39, 0.29) is 5.41 Å². The van der Waals surface area contributed by atoms with Crippen LogP contribution in [0.25, 0.3) is 101 Å². The van der Waals surface area contributed by atoms with Crippen LogP contribution in [0, 0.1) is 11.3 Å². The zero-order valence-corrected chi connectivity index (χ0v) is 34.8. The highest BCUT2D eigenvalue weighted by Gasteiger charge is 2.36. The van der Waals surface area contributed by atoms with Crippen molar-refractivity contribution in [2.75, 3.05) is 0 Å². The molecular weight excluding hydrogens is 767 g/mol. The van der Waals surface area contributed by atoms with Crippen molar-refractivity contribution in [3.8, 4) is 96.0 Å². The molecule has 0 aliphatic heterocycles. The molecule has 1 aliphatic carbocycles. The first-order chi connectivity index (χ1) is 30.9. The van der Waals surface area contributed by atoms with Crippen molar-refractivity contribution in [2.45, 2.75) is 19.3 Å². The summed E-state index contributed by atoms with van der Waals surface area (Å²) in [5.41, 5.74) is 17.6. The highest BCUT2D eigenvalue weighted by Crippen LogP contribution is 2.50. The van der Waals surface area contributed by atoms with Crippen molar-refractivity contribution >= 4 is 10.9 Å². The second-order valence-electron chi connectivity index (χ2n) is 16.6. The Kier molecular flexibility index (Phi) is 9.14. The van der Waals surface area contributed by atoms with Crippen LogP contribution in [0.15, 0.2) is 200 Å². The van der Waals surface area contributed by atoms with Crippen LogP contribution in [0.4, 0.5) is 0 Å². The number of hydrogen-bond acceptors (Lipinski definition) is 5. The van der Waals surface area contributed by atoms with Crippen LogP contribution in [0.1, 0.15) is 30.5 Å². The van der Waals surface area contributed by atoms with Gasteiger partial charge in [-0.25, -0.2) is 19.9 Å². The molecule has 11 rings (SSSR count). The number of benzene rings is 8. The van der Waals surface area contributed by atoms with E-state index in [0.717, 1.165) is 72.5 Å². The topological polar surface area (TPSA) is 75.3 Å². The number of rotatable bonds is 7. The third-order valence-electron chi connectivity index (χ3n) is 12.3. The fraction of sp³-hybridized carbons (Fsp3) is 0.0517. The SMILES string of the molecule is CC1(C)c2cc(C#N)ccc2-c2ccc(-c3cc(-c4cc(-c5ccc(-c6ccccc6)cc5)nc(-c5ccccc5)n4)cc(-c4nc(-c5ccccc5)c5ccccc5n4)c3)cc21. The lowest BCUT2D eigenvalue weighted by molar-refractivity contribution is 0.660. The van der Waals surface area contributed by atoms with Gasteiger partial charge in [0.1, 0.15) is 0 Å². The Balaban J connectivity index is 1.12. The molecule has 0 saturated heterocycles. The molecule has 8 aromatic carbocycles. The summed E-state index contributed by atoms with van der Waals surface area (Å²) >= 11 is 0. The van der Waals surface area contributed by atoms with Crippen LogP contribution in [-0.2, 0) is 5.41 Å². The molecule has 1 aliphatic rings. The molecule has 0 fully saturated rings. The summed E-state index contributed by atoms with van der Waals surface area (Å²) < 4.78 is 0. The molecule has 5 nitrogen and oxygen atoms in total. The lowest BCUT2D eigenvalue weighted by Gasteiger charge is -2.22. The summed E-state index contributed by atoms with van der Waals surface area (Å²) in [5, 5.41) is 10.8. The molecule has 10 aromatic rings. The fourth-order valence-electron chi connectivity index (χ4n) is 9.00. The van der Waals surface area contributed by atoms with E-state index in [2.05, 4.69) is 153 Å². The summed E-state index contributed by atoms with van der Waals surface area (Å²) in [4.78, 5) is 21.0. The van der Waals surface area contributed by atoms with Crippen molar-refractivity contribution in [1.82, 2.24) is 19.9 Å². The molecule has 0 N–H and O–H groups in total. The van der Waals surface area contributed by atoms with Gasteiger partial charge in [-0.05, 0) is 93.0 Å². The average Bonchev–Trinajstić information content (AvgIpc) is 3.58. The molecular formula is C58H39N5. The highest BCUT2D eigenvalue weighted by atomic mass is 14.9. The molecule has 0 amide bonds. The molecule has 2 heterocycles. The van der Waals surface area contributed by atoms with Gasteiger partial charge in [-0.2, -0.15) is 5.26 Å². The second-order valence-corrected chi connectivity index (χ2v) is 16.6. The van der Waals surface area contributed by atoms with Crippen molar-refractivity contribution in [1.29, 1.82) is 5.26 Å². The van der Waals surface area contributed by atoms with Gasteiger partial charge in [-0.3, -0.25) is 0 Å². The van der Waals surface area contributed by atoms with Crippen LogP contribution in [-0.4, -0.2) is 19.9 Å². The largest absolute Gasteiger partial charge is 0.228 e. The van der Waals surface area contributed by atoms with E-state index in [1.165, 1.54) is 27.8 Å². The number of hydrogen-bond donors (Lipinski definition) is 0. The molecule has 0 unspecified atom stereocenters. The first-order valence-electron chi connectivity index (χ1n) is 21.2. The third-order valence-corrected chi connectivity index (χ3v) is 12.3.